The van der Waals surface area contributed by atoms with Gasteiger partial charge in [-0.3, -0.25) is 4.79 Å². The summed E-state index contributed by atoms with van der Waals surface area (Å²) in [5.41, 5.74) is 3.18. The molecule has 5 heteroatoms. The lowest BCUT2D eigenvalue weighted by Gasteiger charge is -2.30. The minimum Gasteiger partial charge on any atom is -0.391 e. The molecule has 1 fully saturated rings. The Labute approximate surface area is 140 Å². The van der Waals surface area contributed by atoms with Gasteiger partial charge in [-0.1, -0.05) is 29.8 Å². The van der Waals surface area contributed by atoms with Gasteiger partial charge in [0, 0.05) is 23.5 Å². The van der Waals surface area contributed by atoms with Crippen molar-refractivity contribution in [1.82, 2.24) is 9.88 Å². The molecule has 23 heavy (non-hydrogen) atoms. The average Bonchev–Trinajstić information content (AvgIpc) is 2.88. The lowest BCUT2D eigenvalue weighted by Crippen LogP contribution is -2.42. The zero-order valence-corrected chi connectivity index (χ0v) is 14.4. The molecule has 0 radical (unpaired) electrons. The van der Waals surface area contributed by atoms with Crippen LogP contribution in [0.3, 0.4) is 0 Å². The van der Waals surface area contributed by atoms with Gasteiger partial charge < -0.3 is 10.0 Å². The monoisotopic (exact) mass is 330 g/mol. The highest BCUT2D eigenvalue weighted by atomic mass is 32.1. The Morgan fingerprint density at radius 3 is 2.78 bits per heavy atom. The number of likely N-dealkylation sites (tertiary alicyclic amines) is 1. The largest absolute Gasteiger partial charge is 0.391 e. The van der Waals surface area contributed by atoms with Crippen molar-refractivity contribution in [3.63, 3.8) is 0 Å². The Kier molecular flexibility index (Phi) is 4.78. The summed E-state index contributed by atoms with van der Waals surface area (Å²) >= 11 is 1.59. The number of aliphatic hydroxyl groups excluding tert-OH is 1. The maximum Gasteiger partial charge on any atom is 0.227 e. The van der Waals surface area contributed by atoms with Gasteiger partial charge in [0.2, 0.25) is 5.91 Å². The van der Waals surface area contributed by atoms with E-state index in [1.165, 1.54) is 5.56 Å². The Hall–Kier alpha value is -1.72. The summed E-state index contributed by atoms with van der Waals surface area (Å²) in [6.07, 6.45) is 1.64. The van der Waals surface area contributed by atoms with Crippen molar-refractivity contribution in [2.45, 2.75) is 39.2 Å². The highest BCUT2D eigenvalue weighted by Gasteiger charge is 2.24. The van der Waals surface area contributed by atoms with Gasteiger partial charge in [0.1, 0.15) is 0 Å². The minimum atomic E-state index is -0.382. The number of aromatic nitrogens is 1. The van der Waals surface area contributed by atoms with Crippen LogP contribution >= 0.6 is 11.3 Å². The average molecular weight is 330 g/mol. The second-order valence-corrected chi connectivity index (χ2v) is 7.47. The van der Waals surface area contributed by atoms with Crippen LogP contribution in [-0.2, 0) is 11.2 Å². The lowest BCUT2D eigenvalue weighted by atomic mass is 10.1. The molecule has 1 unspecified atom stereocenters. The number of carbonyl (C=O) groups excluding carboxylic acids is 1. The Balaban J connectivity index is 1.80. The first-order valence-electron chi connectivity index (χ1n) is 8.02. The Bertz CT molecular complexity index is 694. The predicted molar refractivity (Wildman–Crippen MR) is 92.5 cm³/mol. The van der Waals surface area contributed by atoms with Crippen LogP contribution in [0.2, 0.25) is 0 Å². The van der Waals surface area contributed by atoms with Crippen LogP contribution < -0.4 is 0 Å². The van der Waals surface area contributed by atoms with E-state index < -0.39 is 0 Å². The van der Waals surface area contributed by atoms with E-state index in [1.54, 1.807) is 16.2 Å². The molecule has 1 amide bonds. The van der Waals surface area contributed by atoms with Gasteiger partial charge in [0.05, 0.1) is 23.2 Å². The van der Waals surface area contributed by atoms with Crippen LogP contribution in [0.1, 0.15) is 28.3 Å². The number of amides is 1. The van der Waals surface area contributed by atoms with Gasteiger partial charge in [-0.2, -0.15) is 0 Å². The van der Waals surface area contributed by atoms with Crippen molar-refractivity contribution in [1.29, 1.82) is 0 Å². The van der Waals surface area contributed by atoms with Crippen molar-refractivity contribution in [2.24, 2.45) is 0 Å². The summed E-state index contributed by atoms with van der Waals surface area (Å²) < 4.78 is 0. The van der Waals surface area contributed by atoms with E-state index in [0.29, 0.717) is 13.0 Å². The number of rotatable bonds is 3. The first-order valence-corrected chi connectivity index (χ1v) is 8.84. The summed E-state index contributed by atoms with van der Waals surface area (Å²) in [7, 11) is 0. The molecule has 0 saturated carbocycles. The number of hydrogen-bond acceptors (Lipinski definition) is 4. The molecule has 122 valence electrons. The summed E-state index contributed by atoms with van der Waals surface area (Å²) in [4.78, 5) is 20.0. The van der Waals surface area contributed by atoms with Crippen LogP contribution in [0.5, 0.6) is 0 Å². The smallest absolute Gasteiger partial charge is 0.227 e. The van der Waals surface area contributed by atoms with E-state index >= 15 is 0 Å². The van der Waals surface area contributed by atoms with E-state index in [4.69, 9.17) is 0 Å². The van der Waals surface area contributed by atoms with Crippen LogP contribution in [0.15, 0.2) is 24.3 Å². The maximum atomic E-state index is 12.6. The fourth-order valence-corrected chi connectivity index (χ4v) is 3.91. The van der Waals surface area contributed by atoms with Gasteiger partial charge in [-0.15, -0.1) is 11.3 Å². The van der Waals surface area contributed by atoms with Crippen molar-refractivity contribution in [2.75, 3.05) is 13.1 Å². The van der Waals surface area contributed by atoms with Crippen LogP contribution in [-0.4, -0.2) is 40.1 Å². The van der Waals surface area contributed by atoms with Gasteiger partial charge in [0.15, 0.2) is 0 Å². The molecule has 1 aromatic carbocycles. The maximum absolute atomic E-state index is 12.6. The minimum absolute atomic E-state index is 0.0840. The third kappa shape index (κ3) is 3.79. The Morgan fingerprint density at radius 2 is 2.09 bits per heavy atom. The third-order valence-corrected chi connectivity index (χ3v) is 5.16. The van der Waals surface area contributed by atoms with Crippen molar-refractivity contribution in [3.8, 4) is 11.3 Å². The van der Waals surface area contributed by atoms with Crippen LogP contribution in [0.25, 0.3) is 11.3 Å². The number of hydrogen-bond donors (Lipinski definition) is 1. The predicted octanol–water partition coefficient (Wildman–Crippen LogP) is 2.95. The number of piperidine rings is 1. The topological polar surface area (TPSA) is 53.4 Å². The molecule has 3 rings (SSSR count). The van der Waals surface area contributed by atoms with E-state index in [-0.39, 0.29) is 12.0 Å². The molecule has 1 N–H and O–H groups in total. The van der Waals surface area contributed by atoms with Crippen molar-refractivity contribution < 1.29 is 9.90 Å². The quantitative estimate of drug-likeness (QED) is 0.941. The summed E-state index contributed by atoms with van der Waals surface area (Å²) in [5.74, 6) is 0.0840. The first-order chi connectivity index (χ1) is 11.0. The number of thiazole rings is 1. The Morgan fingerprint density at radius 1 is 1.35 bits per heavy atom. The number of aliphatic hydroxyl groups is 1. The first kappa shape index (κ1) is 16.1. The molecule has 1 aliphatic rings. The molecule has 0 aliphatic carbocycles. The third-order valence-electron chi connectivity index (χ3n) is 4.19. The molecular weight excluding hydrogens is 308 g/mol. The molecule has 1 aromatic heterocycles. The molecule has 1 atom stereocenters. The molecule has 0 bridgehead atoms. The van der Waals surface area contributed by atoms with E-state index in [9.17, 15) is 9.90 Å². The number of nitrogens with zero attached hydrogens (tertiary/aromatic N) is 2. The van der Waals surface area contributed by atoms with E-state index in [2.05, 4.69) is 36.2 Å². The molecule has 1 aliphatic heterocycles. The molecule has 2 heterocycles. The highest BCUT2D eigenvalue weighted by molar-refractivity contribution is 7.12. The summed E-state index contributed by atoms with van der Waals surface area (Å²) in [6.45, 7) is 5.23. The lowest BCUT2D eigenvalue weighted by molar-refractivity contribution is -0.133. The summed E-state index contributed by atoms with van der Waals surface area (Å²) in [6, 6.07) is 8.25. The summed E-state index contributed by atoms with van der Waals surface area (Å²) in [5, 5.41) is 10.7. The molecular formula is C18H22N2O2S. The second-order valence-electron chi connectivity index (χ2n) is 6.18. The molecule has 4 nitrogen and oxygen atoms in total. The zero-order chi connectivity index (χ0) is 16.4. The van der Waals surface area contributed by atoms with E-state index in [0.717, 1.165) is 40.5 Å². The standard InChI is InChI=1S/C18H22N2O2S/c1-12-5-7-14(8-6-12)18-16(23-13(2)19-18)10-17(22)20-9-3-4-15(21)11-20/h5-8,15,21H,3-4,9-11H2,1-2H3. The molecule has 0 spiro atoms. The number of β-amino-alcohol motifs (C(OH)–C–C–N with tert-alkyl or cyclic N) is 1. The van der Waals surface area contributed by atoms with Crippen molar-refractivity contribution >= 4 is 17.2 Å². The second kappa shape index (κ2) is 6.81. The fraction of sp³-hybridized carbons (Fsp3) is 0.444. The van der Waals surface area contributed by atoms with Gasteiger partial charge in [0.25, 0.3) is 0 Å². The fourth-order valence-electron chi connectivity index (χ4n) is 2.96. The van der Waals surface area contributed by atoms with Gasteiger partial charge >= 0.3 is 0 Å². The SMILES string of the molecule is Cc1ccc(-c2nc(C)sc2CC(=O)N2CCCC(O)C2)cc1. The van der Waals surface area contributed by atoms with E-state index in [1.807, 2.05) is 6.92 Å². The number of carbonyl (C=O) groups is 1. The number of benzene rings is 1. The molecule has 1 saturated heterocycles. The number of aryl methyl sites for hydroxylation is 2. The normalized spacial score (nSPS) is 18.2. The van der Waals surface area contributed by atoms with Gasteiger partial charge in [-0.25, -0.2) is 4.98 Å². The molecule has 2 aromatic rings. The van der Waals surface area contributed by atoms with Gasteiger partial charge in [-0.05, 0) is 26.7 Å². The van der Waals surface area contributed by atoms with Crippen LogP contribution in [0, 0.1) is 13.8 Å². The zero-order valence-electron chi connectivity index (χ0n) is 13.6. The highest BCUT2D eigenvalue weighted by Crippen LogP contribution is 2.29. The van der Waals surface area contributed by atoms with Crippen LogP contribution in [0.4, 0.5) is 0 Å². The van der Waals surface area contributed by atoms with Crippen molar-refractivity contribution in [3.05, 3.63) is 39.7 Å².